The van der Waals surface area contributed by atoms with Crippen LogP contribution in [0.4, 0.5) is 43.7 Å². The smallest absolute Gasteiger partial charge is 0.382 e. The molecule has 0 atom stereocenters. The Kier molecular flexibility index (Phi) is 6.99. The number of pyridine rings is 2. The lowest BCUT2D eigenvalue weighted by Gasteiger charge is -2.15. The Hall–Kier alpha value is -5.14. The lowest BCUT2D eigenvalue weighted by atomic mass is 10.0. The first kappa shape index (κ1) is 27.4. The van der Waals surface area contributed by atoms with Gasteiger partial charge in [0, 0.05) is 30.2 Å². The highest BCUT2D eigenvalue weighted by molar-refractivity contribution is 6.07. The van der Waals surface area contributed by atoms with Crippen molar-refractivity contribution in [3.8, 4) is 11.1 Å². The maximum Gasteiger partial charge on any atom is 0.417 e. The number of hydrogen-bond donors (Lipinski definition) is 4. The fraction of sp³-hybridized carbons (Fsp3) is 0.111. The molecule has 0 saturated heterocycles. The Bertz CT molecular complexity index is 1730. The Morgan fingerprint density at radius 3 is 2.29 bits per heavy atom. The van der Waals surface area contributed by atoms with E-state index >= 15 is 0 Å². The number of nitrogens with one attached hydrogen (secondary N) is 3. The third kappa shape index (κ3) is 6.05. The van der Waals surface area contributed by atoms with Crippen molar-refractivity contribution >= 4 is 34.3 Å². The van der Waals surface area contributed by atoms with E-state index in [1.807, 2.05) is 6.07 Å². The normalized spacial score (nSPS) is 12.0. The molecule has 3 aromatic heterocycles. The molecule has 210 valence electrons. The minimum atomic E-state index is -4.80. The number of halogens is 6. The third-order valence-corrected chi connectivity index (χ3v) is 6.10. The Balaban J connectivity index is 1.36. The number of aromatic amines is 1. The molecule has 0 unspecified atom stereocenters. The molecule has 0 aliphatic carbocycles. The van der Waals surface area contributed by atoms with E-state index in [1.165, 1.54) is 6.07 Å². The highest BCUT2D eigenvalue weighted by Gasteiger charge is 2.33. The number of nitrogens with zero attached hydrogens (tertiary/aromatic N) is 3. The van der Waals surface area contributed by atoms with Crippen LogP contribution in [0.2, 0.25) is 0 Å². The Morgan fingerprint density at radius 1 is 0.854 bits per heavy atom. The van der Waals surface area contributed by atoms with Crippen molar-refractivity contribution in [2.75, 3.05) is 16.4 Å². The molecule has 3 heterocycles. The molecular formula is C27H19F6N7O. The second-order valence-electron chi connectivity index (χ2n) is 8.93. The number of rotatable bonds is 6. The molecule has 0 saturated carbocycles. The van der Waals surface area contributed by atoms with Gasteiger partial charge in [0.05, 0.1) is 22.1 Å². The zero-order valence-electron chi connectivity index (χ0n) is 20.7. The predicted molar refractivity (Wildman–Crippen MR) is 140 cm³/mol. The highest BCUT2D eigenvalue weighted by atomic mass is 19.4. The number of anilines is 3. The van der Waals surface area contributed by atoms with Crippen molar-refractivity contribution < 1.29 is 31.1 Å². The SMILES string of the molecule is Nc1n[nH]c2ncc(-c3ccc(CNc4ncc(C(F)(F)F)cc4C(=O)Nc4cccc(C(F)(F)F)c4)cc3)cc12. The third-order valence-electron chi connectivity index (χ3n) is 6.10. The summed E-state index contributed by atoms with van der Waals surface area (Å²) in [5, 5.41) is 12.4. The molecule has 5 aromatic rings. The maximum absolute atomic E-state index is 13.4. The molecule has 0 spiro atoms. The fourth-order valence-electron chi connectivity index (χ4n) is 3.99. The minimum Gasteiger partial charge on any atom is -0.382 e. The van der Waals surface area contributed by atoms with Gasteiger partial charge in [0.25, 0.3) is 5.91 Å². The number of carbonyl (C=O) groups excluding carboxylic acids is 1. The summed E-state index contributed by atoms with van der Waals surface area (Å²) in [5.41, 5.74) is 5.74. The molecule has 1 amide bonds. The van der Waals surface area contributed by atoms with E-state index in [2.05, 4.69) is 30.8 Å². The summed E-state index contributed by atoms with van der Waals surface area (Å²) in [5.74, 6) is -0.939. The second kappa shape index (κ2) is 10.4. The van der Waals surface area contributed by atoms with E-state index in [9.17, 15) is 31.1 Å². The van der Waals surface area contributed by atoms with Crippen molar-refractivity contribution in [1.29, 1.82) is 0 Å². The number of nitrogen functional groups attached to an aromatic ring is 1. The first-order chi connectivity index (χ1) is 19.4. The highest BCUT2D eigenvalue weighted by Crippen LogP contribution is 2.33. The maximum atomic E-state index is 13.4. The van der Waals surface area contributed by atoms with E-state index in [-0.39, 0.29) is 18.1 Å². The van der Waals surface area contributed by atoms with Gasteiger partial charge in [-0.2, -0.15) is 31.4 Å². The number of alkyl halides is 6. The largest absolute Gasteiger partial charge is 0.417 e. The van der Waals surface area contributed by atoms with Crippen LogP contribution in [-0.4, -0.2) is 26.1 Å². The number of carbonyl (C=O) groups is 1. The van der Waals surface area contributed by atoms with Crippen LogP contribution >= 0.6 is 0 Å². The summed E-state index contributed by atoms with van der Waals surface area (Å²) in [6.45, 7) is 0.0778. The fourth-order valence-corrected chi connectivity index (χ4v) is 3.99. The lowest BCUT2D eigenvalue weighted by molar-refractivity contribution is -0.138. The van der Waals surface area contributed by atoms with Gasteiger partial charge in [-0.3, -0.25) is 9.89 Å². The first-order valence-electron chi connectivity index (χ1n) is 11.9. The van der Waals surface area contributed by atoms with E-state index in [1.54, 1.807) is 30.5 Å². The number of H-pyrrole nitrogens is 1. The average Bonchev–Trinajstić information content (AvgIpc) is 3.31. The molecule has 8 nitrogen and oxygen atoms in total. The van der Waals surface area contributed by atoms with E-state index in [4.69, 9.17) is 5.73 Å². The summed E-state index contributed by atoms with van der Waals surface area (Å²) in [4.78, 5) is 21.0. The van der Waals surface area contributed by atoms with Gasteiger partial charge in [0.2, 0.25) is 0 Å². The molecule has 14 heteroatoms. The van der Waals surface area contributed by atoms with Gasteiger partial charge in [0.1, 0.15) is 5.82 Å². The van der Waals surface area contributed by atoms with Crippen LogP contribution in [0.3, 0.4) is 0 Å². The van der Waals surface area contributed by atoms with Crippen molar-refractivity contribution in [2.45, 2.75) is 18.9 Å². The summed E-state index contributed by atoms with van der Waals surface area (Å²) >= 11 is 0. The molecule has 0 bridgehead atoms. The first-order valence-corrected chi connectivity index (χ1v) is 11.9. The molecule has 0 aliphatic rings. The molecule has 2 aromatic carbocycles. The zero-order chi connectivity index (χ0) is 29.4. The molecule has 41 heavy (non-hydrogen) atoms. The topological polar surface area (TPSA) is 122 Å². The monoisotopic (exact) mass is 571 g/mol. The Morgan fingerprint density at radius 2 is 1.59 bits per heavy atom. The van der Waals surface area contributed by atoms with E-state index in [0.29, 0.717) is 40.7 Å². The van der Waals surface area contributed by atoms with Gasteiger partial charge in [-0.1, -0.05) is 30.3 Å². The number of nitrogens with two attached hydrogens (primary N) is 1. The van der Waals surface area contributed by atoms with Crippen LogP contribution in [0.5, 0.6) is 0 Å². The molecule has 5 N–H and O–H groups in total. The Labute approximate surface area is 227 Å². The zero-order valence-corrected chi connectivity index (χ0v) is 20.7. The second-order valence-corrected chi connectivity index (χ2v) is 8.93. The van der Waals surface area contributed by atoms with Gasteiger partial charge < -0.3 is 16.4 Å². The molecule has 0 aliphatic heterocycles. The quantitative estimate of drug-likeness (QED) is 0.173. The lowest BCUT2D eigenvalue weighted by Crippen LogP contribution is -2.18. The van der Waals surface area contributed by atoms with Crippen molar-refractivity contribution in [3.63, 3.8) is 0 Å². The van der Waals surface area contributed by atoms with Crippen LogP contribution in [0.25, 0.3) is 22.2 Å². The van der Waals surface area contributed by atoms with Crippen molar-refractivity contribution in [1.82, 2.24) is 20.2 Å². The van der Waals surface area contributed by atoms with E-state index in [0.717, 1.165) is 23.3 Å². The predicted octanol–water partition coefficient (Wildman–Crippen LogP) is 6.50. The number of amides is 1. The molecule has 0 radical (unpaired) electrons. The van der Waals surface area contributed by atoms with Crippen LogP contribution < -0.4 is 16.4 Å². The number of benzene rings is 2. The number of aromatic nitrogens is 4. The van der Waals surface area contributed by atoms with Crippen LogP contribution in [0, 0.1) is 0 Å². The standard InChI is InChI=1S/C27H19F6N7O/c28-26(29,30)17-2-1-3-19(9-17)38-25(41)21-10-18(27(31,32)33)13-37-23(21)35-11-14-4-6-15(7-5-14)16-8-20-22(34)39-40-24(20)36-12-16/h1-10,12-13H,11H2,(H,35,37)(H,38,41)(H3,34,36,39,40). The molecular weight excluding hydrogens is 552 g/mol. The minimum absolute atomic E-state index is 0.0778. The van der Waals surface area contributed by atoms with Gasteiger partial charge in [-0.05, 0) is 41.5 Å². The van der Waals surface area contributed by atoms with E-state index < -0.39 is 35.0 Å². The van der Waals surface area contributed by atoms with Gasteiger partial charge >= 0.3 is 12.4 Å². The summed E-state index contributed by atoms with van der Waals surface area (Å²) in [6.07, 6.45) is -7.26. The van der Waals surface area contributed by atoms with Crippen molar-refractivity contribution in [2.24, 2.45) is 0 Å². The summed E-state index contributed by atoms with van der Waals surface area (Å²) in [6, 6.07) is 13.3. The van der Waals surface area contributed by atoms with Crippen LogP contribution in [-0.2, 0) is 18.9 Å². The molecule has 0 fully saturated rings. The summed E-state index contributed by atoms with van der Waals surface area (Å²) in [7, 11) is 0. The number of fused-ring (bicyclic) bond motifs is 1. The van der Waals surface area contributed by atoms with Gasteiger partial charge in [-0.25, -0.2) is 9.97 Å². The average molecular weight is 571 g/mol. The number of hydrogen-bond acceptors (Lipinski definition) is 6. The van der Waals surface area contributed by atoms with Gasteiger partial charge in [0.15, 0.2) is 11.5 Å². The summed E-state index contributed by atoms with van der Waals surface area (Å²) < 4.78 is 79.2. The molecule has 5 rings (SSSR count). The van der Waals surface area contributed by atoms with Crippen molar-refractivity contribution in [3.05, 3.63) is 95.3 Å². The van der Waals surface area contributed by atoms with Crippen LogP contribution in [0.1, 0.15) is 27.0 Å². The van der Waals surface area contributed by atoms with Gasteiger partial charge in [-0.15, -0.1) is 0 Å². The van der Waals surface area contributed by atoms with Crippen LogP contribution in [0.15, 0.2) is 73.1 Å².